The Morgan fingerprint density at radius 1 is 0.960 bits per heavy atom. The summed E-state index contributed by atoms with van der Waals surface area (Å²) >= 11 is 12.2. The third-order valence-corrected chi connectivity index (χ3v) is 3.89. The molecule has 0 unspecified atom stereocenters. The Balaban J connectivity index is 1.78. The molecular weight excluding hydrogens is 363 g/mol. The number of rotatable bonds is 5. The second-order valence-electron chi connectivity index (χ2n) is 4.99. The predicted octanol–water partition coefficient (Wildman–Crippen LogP) is 4.97. The number of anilines is 4. The highest BCUT2D eigenvalue weighted by Gasteiger charge is 2.08. The molecule has 0 aliphatic rings. The van der Waals surface area contributed by atoms with E-state index < -0.39 is 5.97 Å². The molecular formula is C17H12Cl2N4O2. The van der Waals surface area contributed by atoms with Crippen molar-refractivity contribution >= 4 is 52.3 Å². The van der Waals surface area contributed by atoms with Gasteiger partial charge in [0.05, 0.1) is 21.3 Å². The Bertz CT molecular complexity index is 897. The van der Waals surface area contributed by atoms with Gasteiger partial charge in [-0.25, -0.2) is 9.78 Å². The molecule has 1 heterocycles. The summed E-state index contributed by atoms with van der Waals surface area (Å²) in [5.74, 6) is -0.123. The van der Waals surface area contributed by atoms with Crippen LogP contribution in [0, 0.1) is 0 Å². The van der Waals surface area contributed by atoms with Crippen molar-refractivity contribution in [2.24, 2.45) is 0 Å². The number of nitrogens with zero attached hydrogens (tertiary/aromatic N) is 2. The molecule has 0 bridgehead atoms. The van der Waals surface area contributed by atoms with Gasteiger partial charge in [-0.1, -0.05) is 29.3 Å². The molecule has 0 fully saturated rings. The molecule has 0 aliphatic carbocycles. The van der Waals surface area contributed by atoms with Crippen molar-refractivity contribution in [3.05, 3.63) is 70.3 Å². The molecule has 0 amide bonds. The Hall–Kier alpha value is -2.83. The van der Waals surface area contributed by atoms with E-state index >= 15 is 0 Å². The SMILES string of the molecule is O=C(O)c1ccc(Nc2ccnc(Nc3c(Cl)cccc3Cl)n2)cc1. The maximum Gasteiger partial charge on any atom is 0.335 e. The molecule has 3 N–H and O–H groups in total. The number of hydrogen-bond donors (Lipinski definition) is 3. The minimum Gasteiger partial charge on any atom is -0.478 e. The second kappa shape index (κ2) is 7.38. The number of benzene rings is 2. The molecule has 0 aliphatic heterocycles. The molecule has 0 spiro atoms. The lowest BCUT2D eigenvalue weighted by Crippen LogP contribution is -2.01. The smallest absolute Gasteiger partial charge is 0.335 e. The van der Waals surface area contributed by atoms with Gasteiger partial charge < -0.3 is 15.7 Å². The van der Waals surface area contributed by atoms with Gasteiger partial charge in [-0.15, -0.1) is 0 Å². The third-order valence-electron chi connectivity index (χ3n) is 3.26. The van der Waals surface area contributed by atoms with Crippen molar-refractivity contribution in [3.8, 4) is 0 Å². The van der Waals surface area contributed by atoms with E-state index in [0.29, 0.717) is 33.2 Å². The topological polar surface area (TPSA) is 87.1 Å². The first-order chi connectivity index (χ1) is 12.0. The summed E-state index contributed by atoms with van der Waals surface area (Å²) in [6, 6.07) is 13.2. The molecule has 2 aromatic carbocycles. The van der Waals surface area contributed by atoms with Gasteiger partial charge in [0.1, 0.15) is 5.82 Å². The summed E-state index contributed by atoms with van der Waals surface area (Å²) in [4.78, 5) is 19.3. The first kappa shape index (κ1) is 17.0. The fourth-order valence-corrected chi connectivity index (χ4v) is 2.55. The molecule has 3 aromatic rings. The van der Waals surface area contributed by atoms with Crippen LogP contribution in [0.2, 0.25) is 10.0 Å². The number of carboxylic acids is 1. The van der Waals surface area contributed by atoms with Crippen LogP contribution in [0.4, 0.5) is 23.1 Å². The lowest BCUT2D eigenvalue weighted by molar-refractivity contribution is 0.0697. The Morgan fingerprint density at radius 2 is 1.64 bits per heavy atom. The normalized spacial score (nSPS) is 10.3. The fourth-order valence-electron chi connectivity index (χ4n) is 2.06. The Labute approximate surface area is 153 Å². The molecule has 8 heteroatoms. The largest absolute Gasteiger partial charge is 0.478 e. The standard InChI is InChI=1S/C17H12Cl2N4O2/c18-12-2-1-3-13(19)15(12)23-17-20-9-8-14(22-17)21-11-6-4-10(5-7-11)16(24)25/h1-9H,(H,24,25)(H2,20,21,22,23). The molecule has 0 saturated heterocycles. The van der Waals surface area contributed by atoms with Crippen LogP contribution in [-0.2, 0) is 0 Å². The van der Waals surface area contributed by atoms with Gasteiger partial charge in [-0.2, -0.15) is 4.98 Å². The van der Waals surface area contributed by atoms with Gasteiger partial charge in [-0.05, 0) is 42.5 Å². The minimum atomic E-state index is -0.975. The highest BCUT2D eigenvalue weighted by Crippen LogP contribution is 2.31. The number of para-hydroxylation sites is 1. The van der Waals surface area contributed by atoms with E-state index in [2.05, 4.69) is 20.6 Å². The lowest BCUT2D eigenvalue weighted by Gasteiger charge is -2.10. The summed E-state index contributed by atoms with van der Waals surface area (Å²) in [6.45, 7) is 0. The van der Waals surface area contributed by atoms with E-state index in [4.69, 9.17) is 28.3 Å². The number of aromatic nitrogens is 2. The van der Waals surface area contributed by atoms with Crippen LogP contribution in [0.1, 0.15) is 10.4 Å². The van der Waals surface area contributed by atoms with Crippen molar-refractivity contribution < 1.29 is 9.90 Å². The van der Waals surface area contributed by atoms with Crippen molar-refractivity contribution in [2.45, 2.75) is 0 Å². The Kier molecular flexibility index (Phi) is 5.02. The average molecular weight is 375 g/mol. The van der Waals surface area contributed by atoms with Crippen LogP contribution in [-0.4, -0.2) is 21.0 Å². The zero-order chi connectivity index (χ0) is 17.8. The molecule has 0 saturated carbocycles. The number of hydrogen-bond acceptors (Lipinski definition) is 5. The second-order valence-corrected chi connectivity index (χ2v) is 5.81. The highest BCUT2D eigenvalue weighted by molar-refractivity contribution is 6.39. The number of aromatic carboxylic acids is 1. The van der Waals surface area contributed by atoms with E-state index in [9.17, 15) is 4.79 Å². The summed E-state index contributed by atoms with van der Waals surface area (Å²) in [5.41, 5.74) is 1.43. The minimum absolute atomic E-state index is 0.212. The average Bonchev–Trinajstić information content (AvgIpc) is 2.59. The van der Waals surface area contributed by atoms with E-state index in [1.165, 1.54) is 12.1 Å². The molecule has 0 radical (unpaired) electrons. The zero-order valence-electron chi connectivity index (χ0n) is 12.7. The van der Waals surface area contributed by atoms with Crippen LogP contribution in [0.3, 0.4) is 0 Å². The van der Waals surface area contributed by atoms with E-state index in [-0.39, 0.29) is 5.56 Å². The van der Waals surface area contributed by atoms with Crippen molar-refractivity contribution in [2.75, 3.05) is 10.6 Å². The van der Waals surface area contributed by atoms with E-state index in [1.54, 1.807) is 42.6 Å². The van der Waals surface area contributed by atoms with Gasteiger partial charge in [-0.3, -0.25) is 0 Å². The summed E-state index contributed by atoms with van der Waals surface area (Å²) in [7, 11) is 0. The van der Waals surface area contributed by atoms with Crippen LogP contribution < -0.4 is 10.6 Å². The fraction of sp³-hybridized carbons (Fsp3) is 0. The molecule has 25 heavy (non-hydrogen) atoms. The molecule has 1 aromatic heterocycles. The van der Waals surface area contributed by atoms with Gasteiger partial charge in [0.2, 0.25) is 5.95 Å². The summed E-state index contributed by atoms with van der Waals surface area (Å²) in [6.07, 6.45) is 1.58. The van der Waals surface area contributed by atoms with Crippen LogP contribution >= 0.6 is 23.2 Å². The first-order valence-corrected chi connectivity index (χ1v) is 7.93. The van der Waals surface area contributed by atoms with Gasteiger partial charge >= 0.3 is 5.97 Å². The molecule has 0 atom stereocenters. The maximum atomic E-state index is 10.9. The van der Waals surface area contributed by atoms with Crippen LogP contribution in [0.5, 0.6) is 0 Å². The molecule has 126 valence electrons. The third kappa shape index (κ3) is 4.17. The van der Waals surface area contributed by atoms with Gasteiger partial charge in [0.25, 0.3) is 0 Å². The first-order valence-electron chi connectivity index (χ1n) is 7.17. The number of carboxylic acid groups (broad SMARTS) is 1. The Morgan fingerprint density at radius 3 is 2.28 bits per heavy atom. The molecule has 6 nitrogen and oxygen atoms in total. The van der Waals surface area contributed by atoms with Crippen molar-refractivity contribution in [1.29, 1.82) is 0 Å². The quantitative estimate of drug-likeness (QED) is 0.584. The van der Waals surface area contributed by atoms with Gasteiger partial charge in [0, 0.05) is 11.9 Å². The summed E-state index contributed by atoms with van der Waals surface area (Å²) < 4.78 is 0. The zero-order valence-corrected chi connectivity index (χ0v) is 14.2. The predicted molar refractivity (Wildman–Crippen MR) is 98.5 cm³/mol. The number of carbonyl (C=O) groups is 1. The van der Waals surface area contributed by atoms with Crippen LogP contribution in [0.15, 0.2) is 54.7 Å². The number of nitrogens with one attached hydrogen (secondary N) is 2. The lowest BCUT2D eigenvalue weighted by atomic mass is 10.2. The van der Waals surface area contributed by atoms with Crippen molar-refractivity contribution in [1.82, 2.24) is 9.97 Å². The number of halogens is 2. The van der Waals surface area contributed by atoms with Crippen molar-refractivity contribution in [3.63, 3.8) is 0 Å². The monoisotopic (exact) mass is 374 g/mol. The van der Waals surface area contributed by atoms with E-state index in [0.717, 1.165) is 0 Å². The van der Waals surface area contributed by atoms with Crippen LogP contribution in [0.25, 0.3) is 0 Å². The van der Waals surface area contributed by atoms with E-state index in [1.807, 2.05) is 0 Å². The summed E-state index contributed by atoms with van der Waals surface area (Å²) in [5, 5.41) is 15.9. The van der Waals surface area contributed by atoms with Gasteiger partial charge in [0.15, 0.2) is 0 Å². The maximum absolute atomic E-state index is 10.9. The molecule has 3 rings (SSSR count). The highest BCUT2D eigenvalue weighted by atomic mass is 35.5.